The van der Waals surface area contributed by atoms with Crippen LogP contribution in [0, 0.1) is 0 Å². The zero-order valence-electron chi connectivity index (χ0n) is 12.9. The second kappa shape index (κ2) is 7.33. The Labute approximate surface area is 125 Å². The predicted octanol–water partition coefficient (Wildman–Crippen LogP) is 2.10. The Morgan fingerprint density at radius 2 is 2.10 bits per heavy atom. The van der Waals surface area contributed by atoms with Gasteiger partial charge in [-0.2, -0.15) is 0 Å². The van der Waals surface area contributed by atoms with Gasteiger partial charge in [0.2, 0.25) is 0 Å². The summed E-state index contributed by atoms with van der Waals surface area (Å²) in [6, 6.07) is 7.56. The van der Waals surface area contributed by atoms with Crippen LogP contribution < -0.4 is 10.9 Å². The fourth-order valence-electron chi connectivity index (χ4n) is 2.51. The molecule has 0 aliphatic heterocycles. The Balaban J connectivity index is 2.48. The van der Waals surface area contributed by atoms with Crippen LogP contribution in [0.2, 0.25) is 0 Å². The standard InChI is InChI=1S/C16H23N3O2/c1-4-13(17-10-11-21-3)15-18-14-9-7-6-8-12(14)16(20)19(15)5-2/h6-9,13,17H,4-5,10-11H2,1-3H3/t13-/m0/s1. The van der Waals surface area contributed by atoms with Crippen molar-refractivity contribution in [1.29, 1.82) is 0 Å². The summed E-state index contributed by atoms with van der Waals surface area (Å²) >= 11 is 0. The Bertz CT molecular complexity index is 652. The molecule has 1 heterocycles. The second-order valence-electron chi connectivity index (χ2n) is 4.94. The number of aromatic nitrogens is 2. The molecule has 1 atom stereocenters. The highest BCUT2D eigenvalue weighted by molar-refractivity contribution is 5.77. The molecule has 5 heteroatoms. The summed E-state index contributed by atoms with van der Waals surface area (Å²) in [5, 5.41) is 4.08. The van der Waals surface area contributed by atoms with Gasteiger partial charge in [-0.3, -0.25) is 9.36 Å². The third kappa shape index (κ3) is 3.31. The summed E-state index contributed by atoms with van der Waals surface area (Å²) in [4.78, 5) is 17.3. The van der Waals surface area contributed by atoms with Crippen LogP contribution in [0.5, 0.6) is 0 Å². The molecule has 21 heavy (non-hydrogen) atoms. The average Bonchev–Trinajstić information content (AvgIpc) is 2.52. The van der Waals surface area contributed by atoms with Crippen LogP contribution in [0.1, 0.15) is 32.1 Å². The van der Waals surface area contributed by atoms with Gasteiger partial charge in [-0.25, -0.2) is 4.98 Å². The van der Waals surface area contributed by atoms with E-state index < -0.39 is 0 Å². The lowest BCUT2D eigenvalue weighted by Crippen LogP contribution is -2.33. The maximum Gasteiger partial charge on any atom is 0.261 e. The predicted molar refractivity (Wildman–Crippen MR) is 84.6 cm³/mol. The number of para-hydroxylation sites is 1. The van der Waals surface area contributed by atoms with Gasteiger partial charge >= 0.3 is 0 Å². The zero-order valence-corrected chi connectivity index (χ0v) is 12.9. The molecule has 0 unspecified atom stereocenters. The van der Waals surface area contributed by atoms with Crippen molar-refractivity contribution >= 4 is 10.9 Å². The fourth-order valence-corrected chi connectivity index (χ4v) is 2.51. The molecular formula is C16H23N3O2. The van der Waals surface area contributed by atoms with Gasteiger partial charge in [-0.1, -0.05) is 19.1 Å². The van der Waals surface area contributed by atoms with E-state index in [1.54, 1.807) is 11.7 Å². The lowest BCUT2D eigenvalue weighted by molar-refractivity contribution is 0.194. The summed E-state index contributed by atoms with van der Waals surface area (Å²) in [5.41, 5.74) is 0.791. The van der Waals surface area contributed by atoms with E-state index in [0.29, 0.717) is 18.5 Å². The topological polar surface area (TPSA) is 56.1 Å². The maximum atomic E-state index is 12.6. The molecular weight excluding hydrogens is 266 g/mol. The number of hydrogen-bond donors (Lipinski definition) is 1. The Morgan fingerprint density at radius 3 is 2.76 bits per heavy atom. The SMILES string of the molecule is CC[C@H](NCCOC)c1nc2ccccc2c(=O)n1CC. The van der Waals surface area contributed by atoms with Crippen LogP contribution in [0.15, 0.2) is 29.1 Å². The van der Waals surface area contributed by atoms with E-state index in [1.807, 2.05) is 31.2 Å². The van der Waals surface area contributed by atoms with Crippen LogP contribution in [0.25, 0.3) is 10.9 Å². The van der Waals surface area contributed by atoms with Gasteiger partial charge in [0.1, 0.15) is 5.82 Å². The summed E-state index contributed by atoms with van der Waals surface area (Å²) < 4.78 is 6.83. The molecule has 0 bridgehead atoms. The van der Waals surface area contributed by atoms with Gasteiger partial charge in [-0.05, 0) is 25.5 Å². The number of hydrogen-bond acceptors (Lipinski definition) is 4. The number of methoxy groups -OCH3 is 1. The van der Waals surface area contributed by atoms with Gasteiger partial charge in [0.25, 0.3) is 5.56 Å². The van der Waals surface area contributed by atoms with E-state index in [1.165, 1.54) is 0 Å². The first-order chi connectivity index (χ1) is 10.2. The minimum atomic E-state index is 0.0325. The molecule has 0 saturated carbocycles. The molecule has 0 spiro atoms. The zero-order chi connectivity index (χ0) is 15.2. The lowest BCUT2D eigenvalue weighted by Gasteiger charge is -2.20. The molecule has 0 fully saturated rings. The highest BCUT2D eigenvalue weighted by Gasteiger charge is 2.17. The van der Waals surface area contributed by atoms with Crippen molar-refractivity contribution in [1.82, 2.24) is 14.9 Å². The second-order valence-corrected chi connectivity index (χ2v) is 4.94. The molecule has 1 aromatic carbocycles. The minimum Gasteiger partial charge on any atom is -0.383 e. The Morgan fingerprint density at radius 1 is 1.33 bits per heavy atom. The molecule has 1 aromatic heterocycles. The van der Waals surface area contributed by atoms with Crippen LogP contribution >= 0.6 is 0 Å². The summed E-state index contributed by atoms with van der Waals surface area (Å²) in [6.07, 6.45) is 0.870. The van der Waals surface area contributed by atoms with E-state index in [0.717, 1.165) is 24.3 Å². The molecule has 5 nitrogen and oxygen atoms in total. The molecule has 0 aliphatic carbocycles. The van der Waals surface area contributed by atoms with Gasteiger partial charge in [0.05, 0.1) is 23.6 Å². The number of ether oxygens (including phenoxy) is 1. The highest BCUT2D eigenvalue weighted by Crippen LogP contribution is 2.16. The molecule has 114 valence electrons. The van der Waals surface area contributed by atoms with Gasteiger partial charge < -0.3 is 10.1 Å². The normalized spacial score (nSPS) is 12.7. The quantitative estimate of drug-likeness (QED) is 0.793. The Hall–Kier alpha value is -1.72. The molecule has 2 aromatic rings. The Kier molecular flexibility index (Phi) is 5.47. The first-order valence-corrected chi connectivity index (χ1v) is 7.44. The molecule has 0 radical (unpaired) electrons. The van der Waals surface area contributed by atoms with Crippen LogP contribution in [-0.4, -0.2) is 29.8 Å². The van der Waals surface area contributed by atoms with Crippen molar-refractivity contribution < 1.29 is 4.74 Å². The van der Waals surface area contributed by atoms with E-state index in [9.17, 15) is 4.79 Å². The third-order valence-corrected chi connectivity index (χ3v) is 3.62. The van der Waals surface area contributed by atoms with Crippen molar-refractivity contribution in [3.63, 3.8) is 0 Å². The summed E-state index contributed by atoms with van der Waals surface area (Å²) in [7, 11) is 1.68. The number of nitrogens with zero attached hydrogens (tertiary/aromatic N) is 2. The summed E-state index contributed by atoms with van der Waals surface area (Å²) in [5.74, 6) is 0.805. The van der Waals surface area contributed by atoms with Gasteiger partial charge in [0, 0.05) is 20.2 Å². The number of rotatable bonds is 7. The molecule has 0 saturated heterocycles. The monoisotopic (exact) mass is 289 g/mol. The first-order valence-electron chi connectivity index (χ1n) is 7.44. The third-order valence-electron chi connectivity index (χ3n) is 3.62. The van der Waals surface area contributed by atoms with Crippen LogP contribution in [-0.2, 0) is 11.3 Å². The molecule has 0 amide bonds. The lowest BCUT2D eigenvalue weighted by atomic mass is 10.1. The van der Waals surface area contributed by atoms with Crippen molar-refractivity contribution in [2.75, 3.05) is 20.3 Å². The van der Waals surface area contributed by atoms with Crippen molar-refractivity contribution in [3.8, 4) is 0 Å². The van der Waals surface area contributed by atoms with E-state index in [-0.39, 0.29) is 11.6 Å². The minimum absolute atomic E-state index is 0.0325. The van der Waals surface area contributed by atoms with Crippen LogP contribution in [0.4, 0.5) is 0 Å². The van der Waals surface area contributed by atoms with Crippen LogP contribution in [0.3, 0.4) is 0 Å². The van der Waals surface area contributed by atoms with Gasteiger partial charge in [-0.15, -0.1) is 0 Å². The molecule has 0 aliphatic rings. The number of fused-ring (bicyclic) bond motifs is 1. The van der Waals surface area contributed by atoms with Crippen molar-refractivity contribution in [2.24, 2.45) is 0 Å². The van der Waals surface area contributed by atoms with E-state index >= 15 is 0 Å². The van der Waals surface area contributed by atoms with Gasteiger partial charge in [0.15, 0.2) is 0 Å². The number of nitrogens with one attached hydrogen (secondary N) is 1. The summed E-state index contributed by atoms with van der Waals surface area (Å²) in [6.45, 7) is 6.06. The average molecular weight is 289 g/mol. The van der Waals surface area contributed by atoms with Crippen molar-refractivity contribution in [3.05, 3.63) is 40.4 Å². The maximum absolute atomic E-state index is 12.6. The molecule has 1 N–H and O–H groups in total. The highest BCUT2D eigenvalue weighted by atomic mass is 16.5. The first kappa shape index (κ1) is 15.7. The fraction of sp³-hybridized carbons (Fsp3) is 0.500. The van der Waals surface area contributed by atoms with E-state index in [2.05, 4.69) is 12.2 Å². The smallest absolute Gasteiger partial charge is 0.261 e. The van der Waals surface area contributed by atoms with Crippen molar-refractivity contribution in [2.45, 2.75) is 32.9 Å². The van der Waals surface area contributed by atoms with E-state index in [4.69, 9.17) is 9.72 Å². The molecule has 2 rings (SSSR count). The number of benzene rings is 1. The largest absolute Gasteiger partial charge is 0.383 e.